The Balaban J connectivity index is 0.00000280. The third-order valence-corrected chi connectivity index (χ3v) is 5.14. The van der Waals surface area contributed by atoms with E-state index in [0.717, 1.165) is 30.6 Å². The average molecular weight is 426 g/mol. The van der Waals surface area contributed by atoms with Gasteiger partial charge in [-0.1, -0.05) is 18.5 Å². The molecule has 0 atom stereocenters. The number of nitrogens with zero attached hydrogens (tertiary/aromatic N) is 1. The van der Waals surface area contributed by atoms with Crippen LogP contribution in [0.3, 0.4) is 0 Å². The highest BCUT2D eigenvalue weighted by Gasteiger charge is 2.23. The van der Waals surface area contributed by atoms with E-state index in [2.05, 4.69) is 26.1 Å². The summed E-state index contributed by atoms with van der Waals surface area (Å²) in [6, 6.07) is 4.85. The van der Waals surface area contributed by atoms with Gasteiger partial charge in [-0.3, -0.25) is 14.7 Å². The van der Waals surface area contributed by atoms with Crippen molar-refractivity contribution in [2.45, 2.75) is 45.7 Å². The molecule has 0 aliphatic carbocycles. The molecule has 0 saturated carbocycles. The van der Waals surface area contributed by atoms with E-state index >= 15 is 0 Å². The fraction of sp³-hybridized carbons (Fsp3) is 0.421. The summed E-state index contributed by atoms with van der Waals surface area (Å²) in [4.78, 5) is 25.0. The molecule has 2 aromatic rings. The maximum absolute atomic E-state index is 12.6. The van der Waals surface area contributed by atoms with Gasteiger partial charge in [0.25, 0.3) is 11.8 Å². The van der Waals surface area contributed by atoms with Crippen molar-refractivity contribution in [3.05, 3.63) is 45.7 Å². The zero-order valence-electron chi connectivity index (χ0n) is 16.1. The lowest BCUT2D eigenvalue weighted by molar-refractivity contribution is 0.0911. The second-order valence-corrected chi connectivity index (χ2v) is 7.70. The Labute approximate surface area is 175 Å². The molecule has 4 N–H and O–H groups in total. The molecule has 9 heteroatoms. The first-order valence-electron chi connectivity index (χ1n) is 9.01. The number of halogens is 2. The lowest BCUT2D eigenvalue weighted by atomic mass is 10.0. The van der Waals surface area contributed by atoms with Crippen molar-refractivity contribution in [3.8, 4) is 0 Å². The highest BCUT2D eigenvalue weighted by Crippen LogP contribution is 2.23. The van der Waals surface area contributed by atoms with Crippen LogP contribution in [0.4, 0.5) is 5.69 Å². The quantitative estimate of drug-likeness (QED) is 0.590. The Morgan fingerprint density at radius 2 is 2.04 bits per heavy atom. The van der Waals surface area contributed by atoms with Crippen molar-refractivity contribution >= 4 is 41.5 Å². The number of carbonyl (C=O) groups excluding carboxylic acids is 2. The Bertz CT molecular complexity index is 879. The van der Waals surface area contributed by atoms with Crippen LogP contribution < -0.4 is 16.0 Å². The molecular weight excluding hydrogens is 401 g/mol. The maximum atomic E-state index is 12.6. The minimum atomic E-state index is -0.319. The number of H-pyrrole nitrogens is 1. The van der Waals surface area contributed by atoms with Crippen LogP contribution in [0.25, 0.3) is 0 Å². The van der Waals surface area contributed by atoms with Crippen LogP contribution in [0.5, 0.6) is 0 Å². The van der Waals surface area contributed by atoms with Gasteiger partial charge in [0.15, 0.2) is 5.69 Å². The van der Waals surface area contributed by atoms with Crippen molar-refractivity contribution in [3.63, 3.8) is 0 Å². The Morgan fingerprint density at radius 3 is 2.71 bits per heavy atom. The number of carbonyl (C=O) groups is 2. The molecule has 0 saturated heterocycles. The van der Waals surface area contributed by atoms with Crippen LogP contribution >= 0.6 is 24.0 Å². The first-order chi connectivity index (χ1) is 12.8. The van der Waals surface area contributed by atoms with Crippen molar-refractivity contribution < 1.29 is 9.59 Å². The summed E-state index contributed by atoms with van der Waals surface area (Å²) in [5, 5.41) is 16.3. The van der Waals surface area contributed by atoms with Gasteiger partial charge in [-0.05, 0) is 38.5 Å². The smallest absolute Gasteiger partial charge is 0.276 e. The van der Waals surface area contributed by atoms with Gasteiger partial charge in [-0.15, -0.1) is 12.4 Å². The zero-order valence-corrected chi connectivity index (χ0v) is 17.7. The molecule has 1 aliphatic rings. The summed E-state index contributed by atoms with van der Waals surface area (Å²) < 4.78 is 0. The van der Waals surface area contributed by atoms with Gasteiger partial charge in [-0.2, -0.15) is 5.10 Å². The second-order valence-electron chi connectivity index (χ2n) is 7.30. The summed E-state index contributed by atoms with van der Waals surface area (Å²) in [6.45, 7) is 7.38. The van der Waals surface area contributed by atoms with Crippen molar-refractivity contribution in [1.29, 1.82) is 0 Å². The number of anilines is 1. The van der Waals surface area contributed by atoms with E-state index < -0.39 is 0 Å². The van der Waals surface area contributed by atoms with E-state index in [9.17, 15) is 9.59 Å². The Morgan fingerprint density at radius 1 is 1.29 bits per heavy atom. The number of amides is 2. The van der Waals surface area contributed by atoms with Crippen molar-refractivity contribution in [2.75, 3.05) is 11.9 Å². The Kier molecular flexibility index (Phi) is 7.09. The molecule has 0 fully saturated rings. The molecule has 1 aromatic carbocycles. The topological polar surface area (TPSA) is 98.9 Å². The number of hydrogen-bond acceptors (Lipinski definition) is 4. The molecule has 152 valence electrons. The maximum Gasteiger partial charge on any atom is 0.276 e. The second kappa shape index (κ2) is 8.94. The predicted octanol–water partition coefficient (Wildman–Crippen LogP) is 3.30. The molecule has 1 aliphatic heterocycles. The summed E-state index contributed by atoms with van der Waals surface area (Å²) in [7, 11) is 0. The molecule has 3 rings (SSSR count). The predicted molar refractivity (Wildman–Crippen MR) is 112 cm³/mol. The molecule has 0 spiro atoms. The largest absolute Gasteiger partial charge is 0.347 e. The van der Waals surface area contributed by atoms with Gasteiger partial charge in [0.1, 0.15) is 0 Å². The van der Waals surface area contributed by atoms with Crippen LogP contribution in [-0.2, 0) is 13.0 Å². The van der Waals surface area contributed by atoms with Crippen LogP contribution in [0.2, 0.25) is 5.02 Å². The molecular formula is C19H25Cl2N5O2. The number of aromatic nitrogens is 2. The van der Waals surface area contributed by atoms with E-state index in [1.54, 1.807) is 18.2 Å². The monoisotopic (exact) mass is 425 g/mol. The third-order valence-electron chi connectivity index (χ3n) is 4.83. The van der Waals surface area contributed by atoms with Crippen LogP contribution in [-0.4, -0.2) is 34.1 Å². The molecule has 1 aromatic heterocycles. The molecule has 0 radical (unpaired) electrons. The molecule has 7 nitrogen and oxygen atoms in total. The first kappa shape index (κ1) is 22.2. The average Bonchev–Trinajstić information content (AvgIpc) is 3.05. The number of benzene rings is 1. The number of fused-ring (bicyclic) bond motifs is 1. The first-order valence-corrected chi connectivity index (χ1v) is 9.39. The molecule has 0 unspecified atom stereocenters. The lowest BCUT2D eigenvalue weighted by Crippen LogP contribution is -2.42. The highest BCUT2D eigenvalue weighted by molar-refractivity contribution is 6.34. The summed E-state index contributed by atoms with van der Waals surface area (Å²) in [5.41, 5.74) is 2.82. The zero-order chi connectivity index (χ0) is 19.6. The number of hydrogen-bond donors (Lipinski definition) is 4. The molecule has 2 amide bonds. The summed E-state index contributed by atoms with van der Waals surface area (Å²) in [6.07, 6.45) is 1.62. The van der Waals surface area contributed by atoms with Crippen molar-refractivity contribution in [1.82, 2.24) is 20.8 Å². The minimum Gasteiger partial charge on any atom is -0.347 e. The fourth-order valence-corrected chi connectivity index (χ4v) is 3.11. The van der Waals surface area contributed by atoms with E-state index in [-0.39, 0.29) is 34.8 Å². The van der Waals surface area contributed by atoms with Crippen LogP contribution in [0.15, 0.2) is 18.2 Å². The molecule has 2 heterocycles. The number of rotatable bonds is 5. The van der Waals surface area contributed by atoms with Gasteiger partial charge in [0.2, 0.25) is 0 Å². The summed E-state index contributed by atoms with van der Waals surface area (Å²) >= 11 is 6.28. The van der Waals surface area contributed by atoms with Gasteiger partial charge in [-0.25, -0.2) is 0 Å². The van der Waals surface area contributed by atoms with Gasteiger partial charge in [0.05, 0.1) is 10.6 Å². The number of nitrogens with one attached hydrogen (secondary N) is 4. The standard InChI is InChI=1S/C19H24ClN5O2.ClH/c1-4-19(2,3)23-17(26)12-6-5-11(9-14(12)20)22-18(27)16-13-10-21-8-7-15(13)24-25-16;/h5-6,9,21H,4,7-8,10H2,1-3H3,(H,22,27)(H,23,26)(H,24,25);1H. The van der Waals surface area contributed by atoms with E-state index in [1.165, 1.54) is 0 Å². The van der Waals surface area contributed by atoms with Crippen LogP contribution in [0.1, 0.15) is 59.3 Å². The third kappa shape index (κ3) is 4.84. The SMILES string of the molecule is CCC(C)(C)NC(=O)c1ccc(NC(=O)c2n[nH]c3c2CNCC3)cc1Cl.Cl. The van der Waals surface area contributed by atoms with E-state index in [1.807, 2.05) is 20.8 Å². The van der Waals surface area contributed by atoms with Gasteiger partial charge < -0.3 is 16.0 Å². The van der Waals surface area contributed by atoms with E-state index in [4.69, 9.17) is 11.6 Å². The molecule has 28 heavy (non-hydrogen) atoms. The minimum absolute atomic E-state index is 0. The normalized spacial score (nSPS) is 13.3. The van der Waals surface area contributed by atoms with Crippen LogP contribution in [0, 0.1) is 0 Å². The van der Waals surface area contributed by atoms with Crippen molar-refractivity contribution in [2.24, 2.45) is 0 Å². The molecule has 0 bridgehead atoms. The lowest BCUT2D eigenvalue weighted by Gasteiger charge is -2.24. The van der Waals surface area contributed by atoms with Gasteiger partial charge in [0, 0.05) is 42.0 Å². The fourth-order valence-electron chi connectivity index (χ4n) is 2.84. The Hall–Kier alpha value is -2.09. The van der Waals surface area contributed by atoms with E-state index in [0.29, 0.717) is 23.5 Å². The highest BCUT2D eigenvalue weighted by atomic mass is 35.5. The number of aromatic amines is 1. The van der Waals surface area contributed by atoms with Gasteiger partial charge >= 0.3 is 0 Å². The summed E-state index contributed by atoms with van der Waals surface area (Å²) in [5.74, 6) is -0.547.